The Morgan fingerprint density at radius 1 is 1.27 bits per heavy atom. The van der Waals surface area contributed by atoms with Crippen molar-refractivity contribution >= 4 is 7.85 Å². The number of hydrogen-bond donors (Lipinski definition) is 1. The molecule has 1 nitrogen and oxygen atoms in total. The summed E-state index contributed by atoms with van der Waals surface area (Å²) in [5.41, 5.74) is 0. The van der Waals surface area contributed by atoms with Gasteiger partial charge in [0.15, 0.2) is 0 Å². The van der Waals surface area contributed by atoms with E-state index < -0.39 is 0 Å². The molecule has 0 aromatic rings. The predicted octanol–water partition coefficient (Wildman–Crippen LogP) is 2.54. The molecule has 0 unspecified atom stereocenters. The fourth-order valence-electron chi connectivity index (χ4n) is 0.535. The van der Waals surface area contributed by atoms with Gasteiger partial charge in [-0.05, 0) is 6.42 Å². The molecule has 0 heterocycles. The number of aliphatic hydroxyl groups excluding tert-OH is 1. The Balaban J connectivity index is 0. The second-order valence-electron chi connectivity index (χ2n) is 3.52. The van der Waals surface area contributed by atoms with Gasteiger partial charge in [-0.15, -0.1) is 0 Å². The minimum Gasteiger partial charge on any atom is -0.396 e. The van der Waals surface area contributed by atoms with Crippen molar-refractivity contribution in [2.75, 3.05) is 6.61 Å². The van der Waals surface area contributed by atoms with Gasteiger partial charge in [-0.1, -0.05) is 45.9 Å². The number of rotatable bonds is 3. The molecule has 66 valence electrons. The smallest absolute Gasteiger partial charge is 0.0738 e. The van der Waals surface area contributed by atoms with Gasteiger partial charge in [-0.2, -0.15) is 0 Å². The van der Waals surface area contributed by atoms with Crippen LogP contribution in [-0.2, 0) is 0 Å². The summed E-state index contributed by atoms with van der Waals surface area (Å²) in [6, 6.07) is 0. The SMILES string of the molecule is CCC.[B]C(C)(C)CCCO. The van der Waals surface area contributed by atoms with Crippen LogP contribution in [0.5, 0.6) is 0 Å². The van der Waals surface area contributed by atoms with E-state index in [1.165, 1.54) is 6.42 Å². The van der Waals surface area contributed by atoms with Crippen molar-refractivity contribution in [1.29, 1.82) is 0 Å². The van der Waals surface area contributed by atoms with E-state index in [4.69, 9.17) is 13.0 Å². The predicted molar refractivity (Wildman–Crippen MR) is 52.1 cm³/mol. The molecule has 0 saturated carbocycles. The molecule has 0 aliphatic heterocycles. The Hall–Kier alpha value is 0.0249. The van der Waals surface area contributed by atoms with E-state index >= 15 is 0 Å². The van der Waals surface area contributed by atoms with E-state index in [-0.39, 0.29) is 11.9 Å². The van der Waals surface area contributed by atoms with Crippen LogP contribution in [0.3, 0.4) is 0 Å². The first-order valence-electron chi connectivity index (χ1n) is 4.37. The maximum atomic E-state index is 8.37. The van der Waals surface area contributed by atoms with E-state index in [1.807, 2.05) is 13.8 Å². The van der Waals surface area contributed by atoms with Gasteiger partial charge in [-0.25, -0.2) is 0 Å². The van der Waals surface area contributed by atoms with Gasteiger partial charge in [0.1, 0.15) is 0 Å². The molecule has 2 heteroatoms. The molecule has 0 aromatic carbocycles. The molecule has 0 amide bonds. The molecule has 0 aliphatic carbocycles. The van der Waals surface area contributed by atoms with Crippen molar-refractivity contribution in [3.63, 3.8) is 0 Å². The average molecular weight is 156 g/mol. The standard InChI is InChI=1S/C6H13BO.C3H8/c1-6(2,7)4-3-5-8;1-3-2/h8H,3-5H2,1-2H3;3H2,1-2H3. The molecule has 0 aromatic heterocycles. The molecular formula is C9H21BO. The zero-order valence-corrected chi connectivity index (χ0v) is 8.35. The Morgan fingerprint density at radius 2 is 1.64 bits per heavy atom. The monoisotopic (exact) mass is 156 g/mol. The van der Waals surface area contributed by atoms with Crippen LogP contribution >= 0.6 is 0 Å². The highest BCUT2D eigenvalue weighted by Gasteiger charge is 2.07. The highest BCUT2D eigenvalue weighted by atomic mass is 16.2. The van der Waals surface area contributed by atoms with E-state index in [0.29, 0.717) is 0 Å². The van der Waals surface area contributed by atoms with Crippen molar-refractivity contribution in [3.8, 4) is 0 Å². The first-order chi connectivity index (χ1) is 4.97. The lowest BCUT2D eigenvalue weighted by atomic mass is 9.69. The maximum absolute atomic E-state index is 8.37. The molecule has 0 bridgehead atoms. The van der Waals surface area contributed by atoms with Crippen LogP contribution in [0, 0.1) is 0 Å². The molecule has 0 saturated heterocycles. The van der Waals surface area contributed by atoms with Gasteiger partial charge >= 0.3 is 0 Å². The van der Waals surface area contributed by atoms with Gasteiger partial charge in [-0.3, -0.25) is 0 Å². The quantitative estimate of drug-likeness (QED) is 0.622. The zero-order chi connectivity index (χ0) is 9.33. The van der Waals surface area contributed by atoms with E-state index in [1.54, 1.807) is 0 Å². The fourth-order valence-corrected chi connectivity index (χ4v) is 0.535. The van der Waals surface area contributed by atoms with Crippen molar-refractivity contribution in [2.45, 2.75) is 52.3 Å². The lowest BCUT2D eigenvalue weighted by Gasteiger charge is -2.16. The minimum absolute atomic E-state index is 0.108. The van der Waals surface area contributed by atoms with Gasteiger partial charge < -0.3 is 5.11 Å². The third-order valence-corrected chi connectivity index (χ3v) is 0.979. The summed E-state index contributed by atoms with van der Waals surface area (Å²) < 4.78 is 0. The highest BCUT2D eigenvalue weighted by Crippen LogP contribution is 2.24. The van der Waals surface area contributed by atoms with Crippen LogP contribution in [0.15, 0.2) is 0 Å². The lowest BCUT2D eigenvalue weighted by molar-refractivity contribution is 0.278. The molecule has 1 N–H and O–H groups in total. The highest BCUT2D eigenvalue weighted by molar-refractivity contribution is 6.14. The Morgan fingerprint density at radius 3 is 1.73 bits per heavy atom. The first kappa shape index (κ1) is 13.6. The van der Waals surface area contributed by atoms with Crippen molar-refractivity contribution in [3.05, 3.63) is 0 Å². The van der Waals surface area contributed by atoms with Gasteiger partial charge in [0.2, 0.25) is 0 Å². The van der Waals surface area contributed by atoms with Gasteiger partial charge in [0.05, 0.1) is 7.85 Å². The molecule has 0 fully saturated rings. The van der Waals surface area contributed by atoms with Crippen LogP contribution in [0.4, 0.5) is 0 Å². The number of hydrogen-bond acceptors (Lipinski definition) is 1. The van der Waals surface area contributed by atoms with Crippen molar-refractivity contribution in [1.82, 2.24) is 0 Å². The fraction of sp³-hybridized carbons (Fsp3) is 1.00. The summed E-state index contributed by atoms with van der Waals surface area (Å²) in [5.74, 6) is 0. The summed E-state index contributed by atoms with van der Waals surface area (Å²) >= 11 is 0. The molecule has 0 atom stereocenters. The van der Waals surface area contributed by atoms with Gasteiger partial charge in [0, 0.05) is 6.61 Å². The second kappa shape index (κ2) is 8.12. The van der Waals surface area contributed by atoms with Crippen molar-refractivity contribution < 1.29 is 5.11 Å². The maximum Gasteiger partial charge on any atom is 0.0738 e. The lowest BCUT2D eigenvalue weighted by Crippen LogP contribution is -2.02. The third kappa shape index (κ3) is 25.6. The summed E-state index contributed by atoms with van der Waals surface area (Å²) in [6.45, 7) is 8.42. The molecule has 2 radical (unpaired) electrons. The van der Waals surface area contributed by atoms with Gasteiger partial charge in [0.25, 0.3) is 0 Å². The zero-order valence-electron chi connectivity index (χ0n) is 8.35. The molecule has 11 heavy (non-hydrogen) atoms. The average Bonchev–Trinajstić information content (AvgIpc) is 1.84. The Labute approximate surface area is 72.6 Å². The van der Waals surface area contributed by atoms with E-state index in [2.05, 4.69) is 13.8 Å². The van der Waals surface area contributed by atoms with E-state index in [0.717, 1.165) is 12.8 Å². The van der Waals surface area contributed by atoms with Crippen LogP contribution in [0.1, 0.15) is 47.0 Å². The summed E-state index contributed by atoms with van der Waals surface area (Å²) in [4.78, 5) is 0. The second-order valence-corrected chi connectivity index (χ2v) is 3.52. The molecule has 0 aliphatic rings. The number of aliphatic hydroxyl groups is 1. The largest absolute Gasteiger partial charge is 0.396 e. The molecular weight excluding hydrogens is 135 g/mol. The Bertz CT molecular complexity index is 66.5. The van der Waals surface area contributed by atoms with Crippen molar-refractivity contribution in [2.24, 2.45) is 0 Å². The first-order valence-corrected chi connectivity index (χ1v) is 4.37. The van der Waals surface area contributed by atoms with Crippen LogP contribution in [0.2, 0.25) is 5.31 Å². The van der Waals surface area contributed by atoms with Crippen LogP contribution in [0.25, 0.3) is 0 Å². The topological polar surface area (TPSA) is 20.2 Å². The van der Waals surface area contributed by atoms with Crippen LogP contribution in [-0.4, -0.2) is 19.6 Å². The molecule has 0 spiro atoms. The molecule has 0 rings (SSSR count). The summed E-state index contributed by atoms with van der Waals surface area (Å²) in [6.07, 6.45) is 2.95. The van der Waals surface area contributed by atoms with E-state index in [9.17, 15) is 0 Å². The Kier molecular flexibility index (Phi) is 10.0. The third-order valence-electron chi connectivity index (χ3n) is 0.979. The summed E-state index contributed by atoms with van der Waals surface area (Å²) in [5, 5.41) is 8.27. The normalized spacial score (nSPS) is 10.3. The van der Waals surface area contributed by atoms with Crippen LogP contribution < -0.4 is 0 Å². The summed E-state index contributed by atoms with van der Waals surface area (Å²) in [7, 11) is 5.61. The minimum atomic E-state index is -0.108.